The second kappa shape index (κ2) is 6.19. The van der Waals surface area contributed by atoms with E-state index in [0.29, 0.717) is 6.54 Å². The first-order chi connectivity index (χ1) is 11.0. The van der Waals surface area contributed by atoms with Crippen LogP contribution in [0.1, 0.15) is 5.56 Å². The van der Waals surface area contributed by atoms with Gasteiger partial charge < -0.3 is 9.88 Å². The molecule has 1 aromatic carbocycles. The molecule has 0 atom stereocenters. The van der Waals surface area contributed by atoms with Gasteiger partial charge in [0.25, 0.3) is 0 Å². The van der Waals surface area contributed by atoms with E-state index < -0.39 is 10.0 Å². The fraction of sp³-hybridized carbons (Fsp3) is 0.0667. The van der Waals surface area contributed by atoms with Gasteiger partial charge in [0, 0.05) is 30.8 Å². The largest absolute Gasteiger partial charge is 0.365 e. The molecule has 118 valence electrons. The third-order valence-corrected chi connectivity index (χ3v) is 4.22. The van der Waals surface area contributed by atoms with Crippen LogP contribution in [-0.4, -0.2) is 23.0 Å². The van der Waals surface area contributed by atoms with Crippen molar-refractivity contribution in [3.63, 3.8) is 0 Å². The van der Waals surface area contributed by atoms with Crippen molar-refractivity contribution in [3.8, 4) is 5.69 Å². The number of pyridine rings is 1. The summed E-state index contributed by atoms with van der Waals surface area (Å²) in [4.78, 5) is 8.02. The molecule has 0 aliphatic carbocycles. The molecular weight excluding hydrogens is 314 g/mol. The van der Waals surface area contributed by atoms with E-state index in [1.165, 1.54) is 18.3 Å². The number of nitrogens with zero attached hydrogens (tertiary/aromatic N) is 3. The highest BCUT2D eigenvalue weighted by Crippen LogP contribution is 2.17. The van der Waals surface area contributed by atoms with Crippen molar-refractivity contribution in [3.05, 3.63) is 66.9 Å². The number of aromatic nitrogens is 3. The number of rotatable bonds is 5. The summed E-state index contributed by atoms with van der Waals surface area (Å²) in [6.07, 6.45) is 6.81. The molecule has 0 spiro atoms. The molecule has 0 unspecified atom stereocenters. The molecule has 2 heterocycles. The first-order valence-electron chi connectivity index (χ1n) is 6.83. The van der Waals surface area contributed by atoms with Gasteiger partial charge in [0.15, 0.2) is 0 Å². The first kappa shape index (κ1) is 15.2. The Kier molecular flexibility index (Phi) is 4.09. The highest BCUT2D eigenvalue weighted by atomic mass is 32.2. The van der Waals surface area contributed by atoms with Gasteiger partial charge in [-0.1, -0.05) is 12.1 Å². The maximum Gasteiger partial charge on any atom is 0.241 e. The van der Waals surface area contributed by atoms with Crippen LogP contribution in [0.3, 0.4) is 0 Å². The van der Waals surface area contributed by atoms with Crippen LogP contribution in [0.15, 0.2) is 66.2 Å². The number of nitrogens with one attached hydrogen (secondary N) is 1. The van der Waals surface area contributed by atoms with Gasteiger partial charge in [-0.3, -0.25) is 0 Å². The van der Waals surface area contributed by atoms with E-state index in [1.807, 2.05) is 35.0 Å². The monoisotopic (exact) mass is 329 g/mol. The van der Waals surface area contributed by atoms with Crippen molar-refractivity contribution in [2.45, 2.75) is 11.4 Å². The van der Waals surface area contributed by atoms with Gasteiger partial charge in [-0.15, -0.1) is 0 Å². The Morgan fingerprint density at radius 1 is 1.13 bits per heavy atom. The fourth-order valence-corrected chi connectivity index (χ4v) is 2.80. The van der Waals surface area contributed by atoms with Crippen molar-refractivity contribution in [2.75, 3.05) is 5.32 Å². The van der Waals surface area contributed by atoms with E-state index in [9.17, 15) is 8.42 Å². The average Bonchev–Trinajstić information content (AvgIpc) is 3.07. The molecule has 0 amide bonds. The summed E-state index contributed by atoms with van der Waals surface area (Å²) in [5.74, 6) is 0.244. The summed E-state index contributed by atoms with van der Waals surface area (Å²) < 4.78 is 25.0. The van der Waals surface area contributed by atoms with Gasteiger partial charge in [0.2, 0.25) is 10.0 Å². The Labute approximate surface area is 133 Å². The molecule has 0 aliphatic heterocycles. The number of anilines is 1. The van der Waals surface area contributed by atoms with Crippen molar-refractivity contribution < 1.29 is 8.42 Å². The van der Waals surface area contributed by atoms with E-state index in [1.54, 1.807) is 12.5 Å². The van der Waals surface area contributed by atoms with Gasteiger partial charge in [0.05, 0.1) is 6.33 Å². The SMILES string of the molecule is NS(=O)(=O)c1cccnc1NCc1ccc(-n2ccnc2)cc1. The molecule has 3 N–H and O–H groups in total. The molecule has 0 aliphatic rings. The highest BCUT2D eigenvalue weighted by Gasteiger charge is 2.14. The van der Waals surface area contributed by atoms with Crippen molar-refractivity contribution >= 4 is 15.8 Å². The predicted octanol–water partition coefficient (Wildman–Crippen LogP) is 1.53. The maximum atomic E-state index is 11.5. The Balaban J connectivity index is 1.74. The average molecular weight is 329 g/mol. The summed E-state index contributed by atoms with van der Waals surface area (Å²) >= 11 is 0. The van der Waals surface area contributed by atoms with E-state index in [2.05, 4.69) is 15.3 Å². The Morgan fingerprint density at radius 3 is 2.57 bits per heavy atom. The Bertz CT molecular complexity index is 890. The Hall–Kier alpha value is -2.71. The van der Waals surface area contributed by atoms with Crippen LogP contribution in [-0.2, 0) is 16.6 Å². The van der Waals surface area contributed by atoms with Crippen molar-refractivity contribution in [1.82, 2.24) is 14.5 Å². The van der Waals surface area contributed by atoms with Crippen LogP contribution >= 0.6 is 0 Å². The zero-order chi connectivity index (χ0) is 16.3. The van der Waals surface area contributed by atoms with E-state index >= 15 is 0 Å². The minimum absolute atomic E-state index is 0.0185. The van der Waals surface area contributed by atoms with Crippen molar-refractivity contribution in [1.29, 1.82) is 0 Å². The normalized spacial score (nSPS) is 11.3. The molecule has 0 saturated heterocycles. The molecule has 0 fully saturated rings. The quantitative estimate of drug-likeness (QED) is 0.739. The molecule has 7 nitrogen and oxygen atoms in total. The maximum absolute atomic E-state index is 11.5. The summed E-state index contributed by atoms with van der Waals surface area (Å²) in [5.41, 5.74) is 1.98. The molecule has 0 radical (unpaired) electrons. The third kappa shape index (κ3) is 3.55. The zero-order valence-electron chi connectivity index (χ0n) is 12.1. The zero-order valence-corrected chi connectivity index (χ0v) is 12.9. The molecule has 0 bridgehead atoms. The number of benzene rings is 1. The van der Waals surface area contributed by atoms with Crippen molar-refractivity contribution in [2.24, 2.45) is 5.14 Å². The standard InChI is InChI=1S/C15H15N5O2S/c16-23(21,22)14-2-1-7-18-15(14)19-10-12-3-5-13(6-4-12)20-9-8-17-11-20/h1-9,11H,10H2,(H,18,19)(H2,16,21,22). The molecule has 0 saturated carbocycles. The van der Waals surface area contributed by atoms with Crippen LogP contribution in [0.2, 0.25) is 0 Å². The number of imidazole rings is 1. The smallest absolute Gasteiger partial charge is 0.241 e. The van der Waals surface area contributed by atoms with Crippen LogP contribution in [0.4, 0.5) is 5.82 Å². The summed E-state index contributed by atoms with van der Waals surface area (Å²) in [5, 5.41) is 8.19. The lowest BCUT2D eigenvalue weighted by Crippen LogP contribution is -2.15. The first-order valence-corrected chi connectivity index (χ1v) is 8.37. The van der Waals surface area contributed by atoms with Gasteiger partial charge in [-0.05, 0) is 29.8 Å². The molecule has 3 aromatic rings. The fourth-order valence-electron chi connectivity index (χ4n) is 2.14. The van der Waals surface area contributed by atoms with E-state index in [4.69, 9.17) is 5.14 Å². The van der Waals surface area contributed by atoms with E-state index in [0.717, 1.165) is 11.3 Å². The van der Waals surface area contributed by atoms with Gasteiger partial charge in [0.1, 0.15) is 10.7 Å². The van der Waals surface area contributed by atoms with Gasteiger partial charge in [-0.2, -0.15) is 0 Å². The minimum Gasteiger partial charge on any atom is -0.365 e. The minimum atomic E-state index is -3.81. The molecule has 2 aromatic heterocycles. The lowest BCUT2D eigenvalue weighted by Gasteiger charge is -2.10. The lowest BCUT2D eigenvalue weighted by atomic mass is 10.2. The van der Waals surface area contributed by atoms with E-state index in [-0.39, 0.29) is 10.7 Å². The molecule has 23 heavy (non-hydrogen) atoms. The van der Waals surface area contributed by atoms with Crippen LogP contribution in [0, 0.1) is 0 Å². The second-order valence-electron chi connectivity index (χ2n) is 4.89. The molecular formula is C15H15N5O2S. The topological polar surface area (TPSA) is 103 Å². The number of primary sulfonamides is 1. The summed E-state index contributed by atoms with van der Waals surface area (Å²) in [6, 6.07) is 10.8. The van der Waals surface area contributed by atoms with Crippen LogP contribution < -0.4 is 10.5 Å². The Morgan fingerprint density at radius 2 is 1.91 bits per heavy atom. The number of nitrogens with two attached hydrogens (primary N) is 1. The molecule has 8 heteroatoms. The number of sulfonamides is 1. The van der Waals surface area contributed by atoms with Crippen LogP contribution in [0.5, 0.6) is 0 Å². The number of hydrogen-bond acceptors (Lipinski definition) is 5. The number of hydrogen-bond donors (Lipinski definition) is 2. The third-order valence-electron chi connectivity index (χ3n) is 3.28. The van der Waals surface area contributed by atoms with Gasteiger partial charge in [-0.25, -0.2) is 23.5 Å². The summed E-state index contributed by atoms with van der Waals surface area (Å²) in [7, 11) is -3.81. The van der Waals surface area contributed by atoms with Gasteiger partial charge >= 0.3 is 0 Å². The highest BCUT2D eigenvalue weighted by molar-refractivity contribution is 7.89. The summed E-state index contributed by atoms with van der Waals surface area (Å²) in [6.45, 7) is 0.434. The molecule has 3 rings (SSSR count). The van der Waals surface area contributed by atoms with Crippen LogP contribution in [0.25, 0.3) is 5.69 Å². The second-order valence-corrected chi connectivity index (χ2v) is 6.41. The lowest BCUT2D eigenvalue weighted by molar-refractivity contribution is 0.597. The predicted molar refractivity (Wildman–Crippen MR) is 86.5 cm³/mol.